The molecule has 10 heteroatoms. The van der Waals surface area contributed by atoms with E-state index in [4.69, 9.17) is 4.52 Å². The van der Waals surface area contributed by atoms with Gasteiger partial charge >= 0.3 is 6.03 Å². The van der Waals surface area contributed by atoms with Crippen LogP contribution in [0.15, 0.2) is 47.0 Å². The van der Waals surface area contributed by atoms with Gasteiger partial charge in [-0.1, -0.05) is 25.1 Å². The number of carbonyl (C=O) groups is 2. The molecular weight excluding hydrogens is 432 g/mol. The van der Waals surface area contributed by atoms with Crippen molar-refractivity contribution in [2.24, 2.45) is 0 Å². The molecule has 4 rings (SSSR count). The molecule has 1 aliphatic rings. The third-order valence-electron chi connectivity index (χ3n) is 5.33. The minimum Gasteiger partial charge on any atom is -0.335 e. The predicted octanol–water partition coefficient (Wildman–Crippen LogP) is 4.13. The van der Waals surface area contributed by atoms with Crippen LogP contribution < -0.4 is 5.32 Å². The lowest BCUT2D eigenvalue weighted by Crippen LogP contribution is -2.51. The number of hydrogen-bond donors (Lipinski definition) is 1. The van der Waals surface area contributed by atoms with Crippen molar-refractivity contribution in [2.45, 2.75) is 19.8 Å². The molecule has 1 aromatic heterocycles. The van der Waals surface area contributed by atoms with Gasteiger partial charge in [0, 0.05) is 43.3 Å². The number of nitrogens with one attached hydrogen (secondary N) is 1. The number of benzene rings is 2. The number of hydrogen-bond acceptors (Lipinski definition) is 5. The Morgan fingerprint density at radius 2 is 1.76 bits per heavy atom. The second-order valence-electron chi connectivity index (χ2n) is 8.03. The van der Waals surface area contributed by atoms with Gasteiger partial charge in [-0.25, -0.2) is 13.6 Å². The predicted molar refractivity (Wildman–Crippen MR) is 117 cm³/mol. The highest BCUT2D eigenvalue weighted by molar-refractivity contribution is 5.94. The van der Waals surface area contributed by atoms with Crippen molar-refractivity contribution in [3.63, 3.8) is 0 Å². The summed E-state index contributed by atoms with van der Waals surface area (Å²) in [4.78, 5) is 32.6. The maximum Gasteiger partial charge on any atom is 0.321 e. The van der Waals surface area contributed by atoms with Crippen LogP contribution in [0.3, 0.4) is 0 Å². The highest BCUT2D eigenvalue weighted by Crippen LogP contribution is 2.26. The summed E-state index contributed by atoms with van der Waals surface area (Å²) in [5.74, 6) is -0.769. The Morgan fingerprint density at radius 3 is 2.42 bits per heavy atom. The Hall–Kier alpha value is -3.82. The quantitative estimate of drug-likeness (QED) is 0.639. The monoisotopic (exact) mass is 455 g/mol. The lowest BCUT2D eigenvalue weighted by molar-refractivity contribution is 0.0671. The molecule has 172 valence electrons. The van der Waals surface area contributed by atoms with Crippen molar-refractivity contribution >= 4 is 17.6 Å². The molecule has 33 heavy (non-hydrogen) atoms. The zero-order valence-electron chi connectivity index (χ0n) is 18.2. The van der Waals surface area contributed by atoms with Gasteiger partial charge in [0.1, 0.15) is 11.6 Å². The molecule has 1 saturated heterocycles. The molecule has 2 aromatic carbocycles. The number of carbonyl (C=O) groups excluding carboxylic acids is 2. The van der Waals surface area contributed by atoms with E-state index < -0.39 is 11.6 Å². The molecule has 1 N–H and O–H groups in total. The van der Waals surface area contributed by atoms with Gasteiger partial charge < -0.3 is 19.6 Å². The summed E-state index contributed by atoms with van der Waals surface area (Å²) in [6.07, 6.45) is 0. The number of aromatic nitrogens is 2. The third-order valence-corrected chi connectivity index (χ3v) is 5.33. The van der Waals surface area contributed by atoms with Gasteiger partial charge in [0.2, 0.25) is 0 Å². The van der Waals surface area contributed by atoms with E-state index in [2.05, 4.69) is 15.5 Å². The van der Waals surface area contributed by atoms with Crippen molar-refractivity contribution in [2.75, 3.05) is 31.5 Å². The highest BCUT2D eigenvalue weighted by atomic mass is 19.1. The first-order chi connectivity index (χ1) is 15.8. The van der Waals surface area contributed by atoms with E-state index in [0.29, 0.717) is 37.7 Å². The van der Waals surface area contributed by atoms with Gasteiger partial charge in [-0.3, -0.25) is 4.79 Å². The smallest absolute Gasteiger partial charge is 0.321 e. The van der Waals surface area contributed by atoms with Crippen molar-refractivity contribution < 1.29 is 22.9 Å². The topological polar surface area (TPSA) is 91.6 Å². The summed E-state index contributed by atoms with van der Waals surface area (Å²) < 4.78 is 32.9. The molecule has 1 fully saturated rings. The normalized spacial score (nSPS) is 14.0. The first-order valence-corrected chi connectivity index (χ1v) is 10.6. The molecule has 8 nitrogen and oxygen atoms in total. The lowest BCUT2D eigenvalue weighted by Gasteiger charge is -2.34. The Morgan fingerprint density at radius 1 is 1.03 bits per heavy atom. The lowest BCUT2D eigenvalue weighted by atomic mass is 10.1. The summed E-state index contributed by atoms with van der Waals surface area (Å²) in [6, 6.07) is 9.25. The van der Waals surface area contributed by atoms with E-state index in [1.807, 2.05) is 13.8 Å². The average molecular weight is 455 g/mol. The summed E-state index contributed by atoms with van der Waals surface area (Å²) in [5, 5.41) is 6.58. The summed E-state index contributed by atoms with van der Waals surface area (Å²) in [7, 11) is 0. The van der Waals surface area contributed by atoms with Crippen molar-refractivity contribution in [1.29, 1.82) is 0 Å². The Balaban J connectivity index is 1.38. The number of amides is 3. The maximum absolute atomic E-state index is 14.3. The largest absolute Gasteiger partial charge is 0.335 e. The zero-order valence-corrected chi connectivity index (χ0v) is 18.2. The van der Waals surface area contributed by atoms with Crippen LogP contribution in [0.4, 0.5) is 19.3 Å². The number of urea groups is 1. The first kappa shape index (κ1) is 22.4. The zero-order chi connectivity index (χ0) is 23.5. The molecule has 3 amide bonds. The molecule has 0 radical (unpaired) electrons. The summed E-state index contributed by atoms with van der Waals surface area (Å²) in [5.41, 5.74) is 0.741. The fourth-order valence-electron chi connectivity index (χ4n) is 3.46. The fourth-order valence-corrected chi connectivity index (χ4v) is 3.46. The van der Waals surface area contributed by atoms with Crippen LogP contribution in [-0.2, 0) is 0 Å². The molecule has 0 atom stereocenters. The second kappa shape index (κ2) is 9.35. The Bertz CT molecular complexity index is 1170. The highest BCUT2D eigenvalue weighted by Gasteiger charge is 2.25. The van der Waals surface area contributed by atoms with E-state index in [1.165, 1.54) is 36.4 Å². The molecule has 0 aliphatic carbocycles. The van der Waals surface area contributed by atoms with Gasteiger partial charge in [0.15, 0.2) is 5.82 Å². The molecule has 1 aliphatic heterocycles. The SMILES string of the molecule is CC(C)c1noc(-c2cc(NC(=O)N3CCN(C(=O)c4cccc(F)c4)CC3)ccc2F)n1. The second-order valence-corrected chi connectivity index (χ2v) is 8.03. The summed E-state index contributed by atoms with van der Waals surface area (Å²) in [6.45, 7) is 5.04. The van der Waals surface area contributed by atoms with E-state index in [9.17, 15) is 18.4 Å². The number of halogens is 2. The van der Waals surface area contributed by atoms with E-state index in [-0.39, 0.29) is 34.9 Å². The van der Waals surface area contributed by atoms with Crippen LogP contribution in [0.25, 0.3) is 11.5 Å². The van der Waals surface area contributed by atoms with Crippen LogP contribution >= 0.6 is 0 Å². The minimum absolute atomic E-state index is 0.0277. The Kier molecular flexibility index (Phi) is 6.34. The van der Waals surface area contributed by atoms with Crippen LogP contribution in [0.2, 0.25) is 0 Å². The maximum atomic E-state index is 14.3. The van der Waals surface area contributed by atoms with Gasteiger partial charge in [-0.05, 0) is 36.4 Å². The average Bonchev–Trinajstić information content (AvgIpc) is 3.30. The number of rotatable bonds is 4. The third kappa shape index (κ3) is 5.00. The Labute approximate surface area is 189 Å². The van der Waals surface area contributed by atoms with E-state index in [0.717, 1.165) is 0 Å². The van der Waals surface area contributed by atoms with Gasteiger partial charge in [-0.15, -0.1) is 0 Å². The fraction of sp³-hybridized carbons (Fsp3) is 0.304. The number of anilines is 1. The minimum atomic E-state index is -0.545. The molecule has 0 bridgehead atoms. The standard InChI is InChI=1S/C23H23F2N5O3/c1-14(2)20-27-21(33-28-20)18-13-17(6-7-19(18)25)26-23(32)30-10-8-29(9-11-30)22(31)15-4-3-5-16(24)12-15/h3-7,12-14H,8-11H2,1-2H3,(H,26,32). The number of piperazine rings is 1. The van der Waals surface area contributed by atoms with Crippen molar-refractivity contribution in [3.05, 3.63) is 65.5 Å². The molecule has 2 heterocycles. The van der Waals surface area contributed by atoms with Crippen molar-refractivity contribution in [1.82, 2.24) is 19.9 Å². The van der Waals surface area contributed by atoms with Crippen LogP contribution in [0.1, 0.15) is 35.9 Å². The van der Waals surface area contributed by atoms with Crippen LogP contribution in [0.5, 0.6) is 0 Å². The van der Waals surface area contributed by atoms with Crippen molar-refractivity contribution in [3.8, 4) is 11.5 Å². The molecule has 0 spiro atoms. The first-order valence-electron chi connectivity index (χ1n) is 10.6. The molecular formula is C23H23F2N5O3. The van der Waals surface area contributed by atoms with Gasteiger partial charge in [0.05, 0.1) is 5.56 Å². The molecule has 0 saturated carbocycles. The number of nitrogens with zero attached hydrogens (tertiary/aromatic N) is 4. The van der Waals surface area contributed by atoms with Crippen LogP contribution in [0, 0.1) is 11.6 Å². The summed E-state index contributed by atoms with van der Waals surface area (Å²) >= 11 is 0. The molecule has 3 aromatic rings. The van der Waals surface area contributed by atoms with E-state index in [1.54, 1.807) is 15.9 Å². The van der Waals surface area contributed by atoms with E-state index >= 15 is 0 Å². The van der Waals surface area contributed by atoms with Crippen LogP contribution in [-0.4, -0.2) is 58.1 Å². The van der Waals surface area contributed by atoms with Gasteiger partial charge in [-0.2, -0.15) is 4.98 Å². The molecule has 0 unspecified atom stereocenters. The van der Waals surface area contributed by atoms with Gasteiger partial charge in [0.25, 0.3) is 11.8 Å².